The zero-order chi connectivity index (χ0) is 21.5. The van der Waals surface area contributed by atoms with Gasteiger partial charge in [0.1, 0.15) is 0 Å². The van der Waals surface area contributed by atoms with Crippen LogP contribution in [0.2, 0.25) is 0 Å². The average molecular weight is 447 g/mol. The van der Waals surface area contributed by atoms with Gasteiger partial charge in [-0.05, 0) is 24.6 Å². The molecule has 0 aliphatic carbocycles. The van der Waals surface area contributed by atoms with Crippen LogP contribution in [0, 0.1) is 0 Å². The number of benzene rings is 1. The summed E-state index contributed by atoms with van der Waals surface area (Å²) in [7, 11) is -6.10. The first-order valence-corrected chi connectivity index (χ1v) is 9.52. The van der Waals surface area contributed by atoms with E-state index in [9.17, 15) is 39.6 Å². The van der Waals surface area contributed by atoms with Gasteiger partial charge in [0.15, 0.2) is 5.69 Å². The van der Waals surface area contributed by atoms with E-state index in [1.807, 2.05) is 0 Å². The molecule has 0 spiro atoms. The molecular weight excluding hydrogens is 436 g/mol. The number of carbonyl (C=O) groups excluding carboxylic acids is 1. The molecule has 1 unspecified atom stereocenters. The Balaban J connectivity index is 2.60. The maximum atomic E-state index is 13.1. The molecule has 1 aromatic carbocycles. The topological polar surface area (TPSA) is 93.4 Å². The number of aromatic nitrogens is 1. The zero-order valence-corrected chi connectivity index (χ0v) is 15.4. The van der Waals surface area contributed by atoms with E-state index in [-0.39, 0.29) is 21.2 Å². The number of alkyl halides is 6. The Morgan fingerprint density at radius 3 is 2.07 bits per heavy atom. The normalized spacial score (nSPS) is 14.0. The number of nitrogens with zero attached hydrogens (tertiary/aromatic N) is 2. The van der Waals surface area contributed by atoms with Crippen molar-refractivity contribution in [3.05, 3.63) is 40.9 Å². The number of hydrogen-bond donors (Lipinski definition) is 1. The van der Waals surface area contributed by atoms with Crippen LogP contribution in [0.1, 0.15) is 24.1 Å². The monoisotopic (exact) mass is 447 g/mol. The van der Waals surface area contributed by atoms with Crippen LogP contribution in [0.5, 0.6) is 0 Å². The highest BCUT2D eigenvalue weighted by Crippen LogP contribution is 2.41. The van der Waals surface area contributed by atoms with Crippen molar-refractivity contribution < 1.29 is 39.6 Å². The molecule has 2 rings (SSSR count). The quantitative estimate of drug-likeness (QED) is 0.707. The molecule has 0 bridgehead atoms. The fourth-order valence-electron chi connectivity index (χ4n) is 2.01. The van der Waals surface area contributed by atoms with E-state index in [1.165, 1.54) is 6.92 Å². The summed E-state index contributed by atoms with van der Waals surface area (Å²) in [6, 6.07) is 4.10. The smallest absolute Gasteiger partial charge is 0.369 e. The number of primary amides is 1. The molecule has 6 nitrogen and oxygen atoms in total. The van der Waals surface area contributed by atoms with Gasteiger partial charge in [-0.3, -0.25) is 4.79 Å². The molecule has 154 valence electrons. The van der Waals surface area contributed by atoms with Gasteiger partial charge < -0.3 is 5.73 Å². The molecule has 28 heavy (non-hydrogen) atoms. The van der Waals surface area contributed by atoms with Crippen molar-refractivity contribution >= 4 is 38.1 Å². The molecule has 0 saturated heterocycles. The standard InChI is InChI=1S/C14H11F6N3O3S2/c1-7(11(21)24)8-2-4-9(5-3-8)23(28(25,26)14(18,19)20)12-22-10(6-27-12)13(15,16)17/h2-7H,1H3,(H2,21,24). The summed E-state index contributed by atoms with van der Waals surface area (Å²) in [6.45, 7) is 1.41. The molecule has 0 aliphatic rings. The van der Waals surface area contributed by atoms with Crippen LogP contribution < -0.4 is 10.0 Å². The summed E-state index contributed by atoms with van der Waals surface area (Å²) in [6.07, 6.45) is -4.97. The van der Waals surface area contributed by atoms with Gasteiger partial charge in [0.05, 0.1) is 11.6 Å². The van der Waals surface area contributed by atoms with E-state index in [4.69, 9.17) is 5.73 Å². The molecular formula is C14H11F6N3O3S2. The number of halogens is 6. The maximum Gasteiger partial charge on any atom is 0.517 e. The highest BCUT2D eigenvalue weighted by atomic mass is 32.2. The van der Waals surface area contributed by atoms with Crippen molar-refractivity contribution in [1.82, 2.24) is 4.98 Å². The van der Waals surface area contributed by atoms with Gasteiger partial charge in [0.25, 0.3) is 0 Å². The molecule has 0 fully saturated rings. The minimum Gasteiger partial charge on any atom is -0.369 e. The fourth-order valence-corrected chi connectivity index (χ4v) is 4.04. The van der Waals surface area contributed by atoms with Crippen LogP contribution in [-0.2, 0) is 21.0 Å². The second kappa shape index (κ2) is 7.24. The lowest BCUT2D eigenvalue weighted by molar-refractivity contribution is -0.140. The van der Waals surface area contributed by atoms with E-state index in [0.717, 1.165) is 24.3 Å². The number of amides is 1. The minimum absolute atomic E-state index is 0.0793. The number of sulfonamides is 1. The molecule has 1 atom stereocenters. The van der Waals surface area contributed by atoms with E-state index in [0.29, 0.717) is 5.38 Å². The second-order valence-electron chi connectivity index (χ2n) is 5.44. The van der Waals surface area contributed by atoms with Crippen molar-refractivity contribution in [3.8, 4) is 0 Å². The van der Waals surface area contributed by atoms with Crippen molar-refractivity contribution in [2.24, 2.45) is 5.73 Å². The largest absolute Gasteiger partial charge is 0.517 e. The van der Waals surface area contributed by atoms with Crippen LogP contribution in [0.3, 0.4) is 0 Å². The molecule has 14 heteroatoms. The number of nitrogens with two attached hydrogens (primary N) is 1. The maximum absolute atomic E-state index is 13.1. The van der Waals surface area contributed by atoms with Crippen LogP contribution in [-0.4, -0.2) is 24.8 Å². The molecule has 0 aliphatic heterocycles. The lowest BCUT2D eigenvalue weighted by Gasteiger charge is -2.23. The molecule has 1 heterocycles. The second-order valence-corrected chi connectivity index (χ2v) is 8.06. The van der Waals surface area contributed by atoms with Gasteiger partial charge >= 0.3 is 21.7 Å². The molecule has 1 aromatic heterocycles. The van der Waals surface area contributed by atoms with Gasteiger partial charge in [0.2, 0.25) is 11.0 Å². The van der Waals surface area contributed by atoms with Gasteiger partial charge in [0, 0.05) is 5.38 Å². The van der Waals surface area contributed by atoms with Gasteiger partial charge in [-0.1, -0.05) is 12.1 Å². The predicted octanol–water partition coefficient (Wildman–Crippen LogP) is 3.74. The Kier molecular flexibility index (Phi) is 5.67. The Bertz CT molecular complexity index is 967. The minimum atomic E-state index is -6.10. The van der Waals surface area contributed by atoms with Gasteiger partial charge in [-0.15, -0.1) is 11.3 Å². The highest BCUT2D eigenvalue weighted by Gasteiger charge is 2.52. The lowest BCUT2D eigenvalue weighted by Crippen LogP contribution is -2.37. The predicted molar refractivity (Wildman–Crippen MR) is 88.3 cm³/mol. The summed E-state index contributed by atoms with van der Waals surface area (Å²) in [5.74, 6) is -1.55. The van der Waals surface area contributed by atoms with E-state index in [1.54, 1.807) is 0 Å². The van der Waals surface area contributed by atoms with Gasteiger partial charge in [-0.25, -0.2) is 9.29 Å². The zero-order valence-electron chi connectivity index (χ0n) is 13.7. The molecule has 1 amide bonds. The summed E-state index contributed by atoms with van der Waals surface area (Å²) >= 11 is 0.0793. The third kappa shape index (κ3) is 4.22. The number of thiazole rings is 1. The van der Waals surface area contributed by atoms with Crippen LogP contribution in [0.25, 0.3) is 0 Å². The average Bonchev–Trinajstić information content (AvgIpc) is 3.03. The van der Waals surface area contributed by atoms with Crippen LogP contribution in [0.4, 0.5) is 37.2 Å². The summed E-state index contributed by atoms with van der Waals surface area (Å²) in [5.41, 5.74) is -2.55. The third-order valence-electron chi connectivity index (χ3n) is 3.54. The Morgan fingerprint density at radius 2 is 1.68 bits per heavy atom. The first-order valence-electron chi connectivity index (χ1n) is 7.20. The lowest BCUT2D eigenvalue weighted by atomic mass is 10.0. The van der Waals surface area contributed by atoms with Crippen LogP contribution in [0.15, 0.2) is 29.6 Å². The van der Waals surface area contributed by atoms with Crippen LogP contribution >= 0.6 is 11.3 Å². The molecule has 0 radical (unpaired) electrons. The van der Waals surface area contributed by atoms with Crippen molar-refractivity contribution in [2.75, 3.05) is 4.31 Å². The Labute approximate surface area is 158 Å². The highest BCUT2D eigenvalue weighted by molar-refractivity contribution is 7.94. The first kappa shape index (κ1) is 21.9. The number of hydrogen-bond acceptors (Lipinski definition) is 5. The first-order chi connectivity index (χ1) is 12.7. The van der Waals surface area contributed by atoms with Gasteiger partial charge in [-0.2, -0.15) is 34.8 Å². The Morgan fingerprint density at radius 1 is 1.14 bits per heavy atom. The SMILES string of the molecule is CC(C(N)=O)c1ccc(N(c2nc(C(F)(F)F)cs2)S(=O)(=O)C(F)(F)F)cc1. The molecule has 2 N–H and O–H groups in total. The number of carbonyl (C=O) groups is 1. The molecule has 2 aromatic rings. The summed E-state index contributed by atoms with van der Waals surface area (Å²) in [5, 5.41) is -0.641. The summed E-state index contributed by atoms with van der Waals surface area (Å²) < 4.78 is 101. The van der Waals surface area contributed by atoms with E-state index < -0.39 is 50.0 Å². The van der Waals surface area contributed by atoms with Crippen molar-refractivity contribution in [3.63, 3.8) is 0 Å². The fraction of sp³-hybridized carbons (Fsp3) is 0.286. The Hall–Kier alpha value is -2.35. The number of rotatable bonds is 5. The van der Waals surface area contributed by atoms with Crippen molar-refractivity contribution in [2.45, 2.75) is 24.5 Å². The molecule has 0 saturated carbocycles. The van der Waals surface area contributed by atoms with E-state index >= 15 is 0 Å². The summed E-state index contributed by atoms with van der Waals surface area (Å²) in [4.78, 5) is 14.2. The van der Waals surface area contributed by atoms with E-state index in [2.05, 4.69) is 4.98 Å². The third-order valence-corrected chi connectivity index (χ3v) is 5.93. The number of anilines is 2. The van der Waals surface area contributed by atoms with Crippen molar-refractivity contribution in [1.29, 1.82) is 0 Å².